The predicted octanol–water partition coefficient (Wildman–Crippen LogP) is 1.74. The quantitative estimate of drug-likeness (QED) is 0.857. The van der Waals surface area contributed by atoms with E-state index in [1.165, 1.54) is 0 Å². The first-order chi connectivity index (χ1) is 11.8. The fourth-order valence-electron chi connectivity index (χ4n) is 3.61. The summed E-state index contributed by atoms with van der Waals surface area (Å²) in [6.07, 6.45) is 7.56. The van der Waals surface area contributed by atoms with Gasteiger partial charge in [-0.15, -0.1) is 0 Å². The van der Waals surface area contributed by atoms with E-state index in [9.17, 15) is 0 Å². The van der Waals surface area contributed by atoms with E-state index in [0.717, 1.165) is 63.8 Å². The second-order valence-corrected chi connectivity index (χ2v) is 6.60. The van der Waals surface area contributed by atoms with Crippen molar-refractivity contribution in [2.45, 2.75) is 25.0 Å². The molecule has 6 heteroatoms. The largest absolute Gasteiger partial charge is 0.371 e. The van der Waals surface area contributed by atoms with Crippen molar-refractivity contribution in [1.29, 1.82) is 0 Å². The Morgan fingerprint density at radius 3 is 2.50 bits per heavy atom. The number of hydrogen-bond donors (Lipinski definition) is 0. The second-order valence-electron chi connectivity index (χ2n) is 6.60. The summed E-state index contributed by atoms with van der Waals surface area (Å²) in [6, 6.07) is 7.96. The normalized spacial score (nSPS) is 21.1. The van der Waals surface area contributed by atoms with E-state index in [0.29, 0.717) is 0 Å². The maximum Gasteiger partial charge on any atom is 0.225 e. The zero-order valence-electron chi connectivity index (χ0n) is 13.8. The van der Waals surface area contributed by atoms with Gasteiger partial charge in [-0.1, -0.05) is 6.07 Å². The molecule has 2 saturated heterocycles. The van der Waals surface area contributed by atoms with Gasteiger partial charge in [0.25, 0.3) is 0 Å². The van der Waals surface area contributed by atoms with Gasteiger partial charge >= 0.3 is 0 Å². The number of aromatic nitrogens is 3. The van der Waals surface area contributed by atoms with E-state index in [2.05, 4.69) is 36.9 Å². The van der Waals surface area contributed by atoms with Crippen LogP contribution in [0.4, 0.5) is 5.95 Å². The standard InChI is InChI=1S/C18H23N5O/c1-2-7-19-16(4-1)14-22-10-5-18(6-11-22)15-23(12-13-24-18)17-20-8-3-9-21-17/h1-4,7-9H,5-6,10-15H2. The first kappa shape index (κ1) is 15.5. The molecule has 126 valence electrons. The van der Waals surface area contributed by atoms with Crippen molar-refractivity contribution >= 4 is 5.95 Å². The van der Waals surface area contributed by atoms with Crippen LogP contribution in [0.3, 0.4) is 0 Å². The molecule has 0 N–H and O–H groups in total. The van der Waals surface area contributed by atoms with Gasteiger partial charge in [-0.05, 0) is 31.0 Å². The van der Waals surface area contributed by atoms with Gasteiger partial charge in [-0.25, -0.2) is 9.97 Å². The van der Waals surface area contributed by atoms with E-state index in [4.69, 9.17) is 4.74 Å². The van der Waals surface area contributed by atoms with E-state index >= 15 is 0 Å². The minimum absolute atomic E-state index is 0.0575. The molecule has 0 amide bonds. The van der Waals surface area contributed by atoms with Crippen molar-refractivity contribution in [2.75, 3.05) is 37.7 Å². The molecule has 2 aliphatic rings. The predicted molar refractivity (Wildman–Crippen MR) is 91.7 cm³/mol. The van der Waals surface area contributed by atoms with Gasteiger partial charge in [0, 0.05) is 44.8 Å². The minimum Gasteiger partial charge on any atom is -0.371 e. The molecule has 4 rings (SSSR count). The third kappa shape index (κ3) is 3.39. The highest BCUT2D eigenvalue weighted by atomic mass is 16.5. The molecule has 0 saturated carbocycles. The summed E-state index contributed by atoms with van der Waals surface area (Å²) in [4.78, 5) is 17.9. The summed E-state index contributed by atoms with van der Waals surface area (Å²) in [5.41, 5.74) is 1.08. The van der Waals surface area contributed by atoms with E-state index in [-0.39, 0.29) is 5.60 Å². The number of ether oxygens (including phenoxy) is 1. The van der Waals surface area contributed by atoms with Crippen LogP contribution in [0, 0.1) is 0 Å². The summed E-state index contributed by atoms with van der Waals surface area (Å²) < 4.78 is 6.22. The van der Waals surface area contributed by atoms with Gasteiger partial charge < -0.3 is 9.64 Å². The molecule has 24 heavy (non-hydrogen) atoms. The molecule has 0 radical (unpaired) electrons. The van der Waals surface area contributed by atoms with Crippen molar-refractivity contribution in [3.8, 4) is 0 Å². The Morgan fingerprint density at radius 2 is 1.75 bits per heavy atom. The lowest BCUT2D eigenvalue weighted by atomic mass is 9.89. The Labute approximate surface area is 142 Å². The molecular weight excluding hydrogens is 302 g/mol. The maximum atomic E-state index is 6.22. The number of anilines is 1. The Hall–Kier alpha value is -2.05. The van der Waals surface area contributed by atoms with Crippen molar-refractivity contribution in [3.05, 3.63) is 48.5 Å². The summed E-state index contributed by atoms with van der Waals surface area (Å²) in [5.74, 6) is 0.816. The number of rotatable bonds is 3. The molecule has 2 aliphatic heterocycles. The minimum atomic E-state index is -0.0575. The number of nitrogens with zero attached hydrogens (tertiary/aromatic N) is 5. The molecule has 2 fully saturated rings. The highest BCUT2D eigenvalue weighted by molar-refractivity contribution is 5.30. The van der Waals surface area contributed by atoms with E-state index in [1.54, 1.807) is 12.4 Å². The Kier molecular flexibility index (Phi) is 4.40. The van der Waals surface area contributed by atoms with Crippen LogP contribution in [0.15, 0.2) is 42.9 Å². The third-order valence-electron chi connectivity index (χ3n) is 4.96. The lowest BCUT2D eigenvalue weighted by Gasteiger charge is -2.47. The first-order valence-electron chi connectivity index (χ1n) is 8.61. The third-order valence-corrected chi connectivity index (χ3v) is 4.96. The van der Waals surface area contributed by atoms with Gasteiger partial charge in [0.2, 0.25) is 5.95 Å². The Morgan fingerprint density at radius 1 is 0.958 bits per heavy atom. The summed E-state index contributed by atoms with van der Waals surface area (Å²) >= 11 is 0. The maximum absolute atomic E-state index is 6.22. The molecule has 1 spiro atoms. The molecular formula is C18H23N5O. The molecule has 6 nitrogen and oxygen atoms in total. The van der Waals surface area contributed by atoms with Gasteiger partial charge in [-0.2, -0.15) is 0 Å². The number of piperidine rings is 1. The van der Waals surface area contributed by atoms with Crippen molar-refractivity contribution in [1.82, 2.24) is 19.9 Å². The Balaban J connectivity index is 1.37. The summed E-state index contributed by atoms with van der Waals surface area (Å²) in [5, 5.41) is 0. The number of likely N-dealkylation sites (tertiary alicyclic amines) is 1. The van der Waals surface area contributed by atoms with Crippen molar-refractivity contribution in [3.63, 3.8) is 0 Å². The zero-order chi connectivity index (χ0) is 16.2. The molecule has 4 heterocycles. The summed E-state index contributed by atoms with van der Waals surface area (Å²) in [7, 11) is 0. The average molecular weight is 325 g/mol. The molecule has 0 aliphatic carbocycles. The molecule has 0 unspecified atom stereocenters. The molecule has 0 aromatic carbocycles. The molecule has 2 aromatic heterocycles. The fraction of sp³-hybridized carbons (Fsp3) is 0.500. The van der Waals surface area contributed by atoms with Crippen LogP contribution in [0.25, 0.3) is 0 Å². The van der Waals surface area contributed by atoms with E-state index < -0.39 is 0 Å². The second kappa shape index (κ2) is 6.83. The van der Waals surface area contributed by atoms with Crippen LogP contribution in [-0.2, 0) is 11.3 Å². The fourth-order valence-corrected chi connectivity index (χ4v) is 3.61. The smallest absolute Gasteiger partial charge is 0.225 e. The van der Waals surface area contributed by atoms with Gasteiger partial charge in [-0.3, -0.25) is 9.88 Å². The highest BCUT2D eigenvalue weighted by Gasteiger charge is 2.40. The molecule has 0 atom stereocenters. The van der Waals surface area contributed by atoms with Crippen LogP contribution in [0.2, 0.25) is 0 Å². The van der Waals surface area contributed by atoms with Crippen molar-refractivity contribution in [2.24, 2.45) is 0 Å². The number of morpholine rings is 1. The van der Waals surface area contributed by atoms with Gasteiger partial charge in [0.1, 0.15) is 0 Å². The number of hydrogen-bond acceptors (Lipinski definition) is 6. The van der Waals surface area contributed by atoms with Crippen LogP contribution in [-0.4, -0.2) is 58.2 Å². The molecule has 2 aromatic rings. The van der Waals surface area contributed by atoms with Gasteiger partial charge in [0.15, 0.2) is 0 Å². The monoisotopic (exact) mass is 325 g/mol. The van der Waals surface area contributed by atoms with Crippen LogP contribution >= 0.6 is 0 Å². The van der Waals surface area contributed by atoms with Crippen LogP contribution in [0.5, 0.6) is 0 Å². The summed E-state index contributed by atoms with van der Waals surface area (Å²) in [6.45, 7) is 5.50. The van der Waals surface area contributed by atoms with E-state index in [1.807, 2.05) is 18.3 Å². The molecule has 0 bridgehead atoms. The zero-order valence-corrected chi connectivity index (χ0v) is 13.8. The Bertz CT molecular complexity index is 643. The highest BCUT2D eigenvalue weighted by Crippen LogP contribution is 2.31. The first-order valence-corrected chi connectivity index (χ1v) is 8.61. The van der Waals surface area contributed by atoms with Crippen LogP contribution in [0.1, 0.15) is 18.5 Å². The lowest BCUT2D eigenvalue weighted by Crippen LogP contribution is -2.57. The SMILES string of the molecule is c1ccc(CN2CCC3(CC2)CN(c2ncccn2)CCO3)nc1. The topological polar surface area (TPSA) is 54.4 Å². The van der Waals surface area contributed by atoms with Crippen molar-refractivity contribution < 1.29 is 4.74 Å². The average Bonchev–Trinajstić information content (AvgIpc) is 2.66. The van der Waals surface area contributed by atoms with Crippen LogP contribution < -0.4 is 4.90 Å². The number of pyridine rings is 1. The lowest BCUT2D eigenvalue weighted by molar-refractivity contribution is -0.0925. The van der Waals surface area contributed by atoms with Gasteiger partial charge in [0.05, 0.1) is 24.4 Å².